The lowest BCUT2D eigenvalue weighted by atomic mass is 10.2. The molecule has 3 heterocycles. The number of nitrogens with one attached hydrogen (secondary N) is 3. The molecular weight excluding hydrogens is 446 g/mol. The van der Waals surface area contributed by atoms with E-state index in [1.807, 2.05) is 6.07 Å². The van der Waals surface area contributed by atoms with Crippen LogP contribution in [-0.4, -0.2) is 40.1 Å². The molecule has 0 atom stereocenters. The number of aromatic nitrogens is 2. The van der Waals surface area contributed by atoms with Gasteiger partial charge in [-0.2, -0.15) is 4.98 Å². The van der Waals surface area contributed by atoms with Gasteiger partial charge in [-0.15, -0.1) is 0 Å². The van der Waals surface area contributed by atoms with E-state index in [0.717, 1.165) is 11.8 Å². The van der Waals surface area contributed by atoms with E-state index in [0.29, 0.717) is 30.1 Å². The molecule has 0 unspecified atom stereocenters. The van der Waals surface area contributed by atoms with Gasteiger partial charge in [-0.25, -0.2) is 4.98 Å². The van der Waals surface area contributed by atoms with Gasteiger partial charge in [-0.1, -0.05) is 18.2 Å². The Bertz CT molecular complexity index is 1180. The number of hydrogen-bond donors (Lipinski definition) is 3. The minimum absolute atomic E-state index is 0.153. The monoisotopic (exact) mass is 465 g/mol. The lowest BCUT2D eigenvalue weighted by Gasteiger charge is -2.10. The number of hydrogen-bond acceptors (Lipinski definition) is 9. The van der Waals surface area contributed by atoms with Crippen LogP contribution in [0.3, 0.4) is 0 Å². The van der Waals surface area contributed by atoms with Gasteiger partial charge in [0.15, 0.2) is 0 Å². The predicted octanol–water partition coefficient (Wildman–Crippen LogP) is 2.81. The molecule has 0 spiro atoms. The number of ether oxygens (including phenoxy) is 1. The molecule has 11 heteroatoms. The fraction of sp³-hybridized carbons (Fsp3) is 0.136. The lowest BCUT2D eigenvalue weighted by molar-refractivity contribution is -0.115. The van der Waals surface area contributed by atoms with Gasteiger partial charge in [0.25, 0.3) is 17.1 Å². The Morgan fingerprint density at radius 1 is 1.12 bits per heavy atom. The molecule has 33 heavy (non-hydrogen) atoms. The van der Waals surface area contributed by atoms with Crippen molar-refractivity contribution >= 4 is 40.8 Å². The molecule has 0 saturated carbocycles. The number of amides is 3. The van der Waals surface area contributed by atoms with Crippen LogP contribution in [0.15, 0.2) is 64.1 Å². The molecule has 1 fully saturated rings. The molecule has 1 aromatic carbocycles. The molecule has 1 aliphatic heterocycles. The SMILES string of the molecule is O=C1NC(=O)/C(=C/c2cc(OCc3ccco3)nc(NCCNC(=O)c3ccccc3)n2)S1. The molecule has 0 bridgehead atoms. The fourth-order valence-electron chi connectivity index (χ4n) is 2.81. The average Bonchev–Trinajstić information content (AvgIpc) is 3.45. The lowest BCUT2D eigenvalue weighted by Crippen LogP contribution is -2.29. The number of nitrogens with zero attached hydrogens (tertiary/aromatic N) is 2. The molecule has 3 amide bonds. The summed E-state index contributed by atoms with van der Waals surface area (Å²) in [6.07, 6.45) is 3.02. The van der Waals surface area contributed by atoms with Crippen LogP contribution in [0.4, 0.5) is 10.7 Å². The zero-order valence-electron chi connectivity index (χ0n) is 17.2. The third-order valence-corrected chi connectivity index (χ3v) is 5.13. The highest BCUT2D eigenvalue weighted by atomic mass is 32.2. The van der Waals surface area contributed by atoms with Crippen molar-refractivity contribution in [3.63, 3.8) is 0 Å². The topological polar surface area (TPSA) is 135 Å². The Hall–Kier alpha value is -4.12. The molecule has 10 nitrogen and oxygen atoms in total. The van der Waals surface area contributed by atoms with Gasteiger partial charge in [0.2, 0.25) is 11.8 Å². The molecular formula is C22H19N5O5S. The number of imide groups is 1. The summed E-state index contributed by atoms with van der Waals surface area (Å²) in [7, 11) is 0. The van der Waals surface area contributed by atoms with E-state index in [9.17, 15) is 14.4 Å². The molecule has 3 aromatic rings. The molecule has 2 aromatic heterocycles. The molecule has 3 N–H and O–H groups in total. The van der Waals surface area contributed by atoms with Crippen molar-refractivity contribution in [1.29, 1.82) is 0 Å². The zero-order valence-corrected chi connectivity index (χ0v) is 18.1. The quantitative estimate of drug-likeness (QED) is 0.322. The third-order valence-electron chi connectivity index (χ3n) is 4.32. The maximum absolute atomic E-state index is 12.1. The first kappa shape index (κ1) is 22.1. The van der Waals surface area contributed by atoms with Crippen LogP contribution < -0.4 is 20.7 Å². The van der Waals surface area contributed by atoms with Crippen molar-refractivity contribution in [1.82, 2.24) is 20.6 Å². The minimum atomic E-state index is -0.486. The molecule has 1 aliphatic rings. The Labute approximate surface area is 192 Å². The second-order valence-corrected chi connectivity index (χ2v) is 7.74. The van der Waals surface area contributed by atoms with E-state index in [-0.39, 0.29) is 29.2 Å². The van der Waals surface area contributed by atoms with E-state index in [2.05, 4.69) is 25.9 Å². The molecule has 0 aliphatic carbocycles. The largest absolute Gasteiger partial charge is 0.469 e. The smallest absolute Gasteiger partial charge is 0.290 e. The highest BCUT2D eigenvalue weighted by Crippen LogP contribution is 2.26. The van der Waals surface area contributed by atoms with Crippen LogP contribution in [0.5, 0.6) is 5.88 Å². The van der Waals surface area contributed by atoms with Crippen LogP contribution in [0, 0.1) is 0 Å². The van der Waals surface area contributed by atoms with E-state index in [4.69, 9.17) is 9.15 Å². The summed E-state index contributed by atoms with van der Waals surface area (Å²) in [5.74, 6) is 0.428. The normalized spacial score (nSPS) is 14.2. The zero-order chi connectivity index (χ0) is 23.0. The number of carbonyl (C=O) groups excluding carboxylic acids is 3. The summed E-state index contributed by atoms with van der Waals surface area (Å²) >= 11 is 0.792. The summed E-state index contributed by atoms with van der Waals surface area (Å²) in [5.41, 5.74) is 0.945. The Morgan fingerprint density at radius 2 is 1.97 bits per heavy atom. The molecule has 168 valence electrons. The average molecular weight is 465 g/mol. The van der Waals surface area contributed by atoms with Crippen LogP contribution in [0.25, 0.3) is 6.08 Å². The van der Waals surface area contributed by atoms with Crippen LogP contribution in [-0.2, 0) is 11.4 Å². The number of carbonyl (C=O) groups is 3. The Balaban J connectivity index is 1.43. The van der Waals surface area contributed by atoms with E-state index < -0.39 is 11.1 Å². The predicted molar refractivity (Wildman–Crippen MR) is 121 cm³/mol. The van der Waals surface area contributed by atoms with Gasteiger partial charge < -0.3 is 19.8 Å². The summed E-state index contributed by atoms with van der Waals surface area (Å²) in [5, 5.41) is 7.59. The van der Waals surface area contributed by atoms with Crippen LogP contribution in [0.1, 0.15) is 21.8 Å². The van der Waals surface area contributed by atoms with Crippen molar-refractivity contribution in [3.8, 4) is 5.88 Å². The fourth-order valence-corrected chi connectivity index (χ4v) is 3.47. The van der Waals surface area contributed by atoms with Crippen molar-refractivity contribution in [2.75, 3.05) is 18.4 Å². The van der Waals surface area contributed by atoms with Gasteiger partial charge in [-0.3, -0.25) is 19.7 Å². The van der Waals surface area contributed by atoms with Crippen molar-refractivity contribution < 1.29 is 23.5 Å². The first-order valence-electron chi connectivity index (χ1n) is 9.93. The Morgan fingerprint density at radius 3 is 2.70 bits per heavy atom. The molecule has 4 rings (SSSR count). The highest BCUT2D eigenvalue weighted by Gasteiger charge is 2.25. The van der Waals surface area contributed by atoms with Gasteiger partial charge in [0.1, 0.15) is 12.4 Å². The number of thioether (sulfide) groups is 1. The number of anilines is 1. The van der Waals surface area contributed by atoms with Crippen molar-refractivity contribution in [3.05, 3.63) is 76.7 Å². The maximum Gasteiger partial charge on any atom is 0.290 e. The second-order valence-electron chi connectivity index (χ2n) is 6.72. The van der Waals surface area contributed by atoms with Gasteiger partial charge in [-0.05, 0) is 42.1 Å². The maximum atomic E-state index is 12.1. The number of benzene rings is 1. The Kier molecular flexibility index (Phi) is 7.00. The summed E-state index contributed by atoms with van der Waals surface area (Å²) in [6, 6.07) is 14.0. The summed E-state index contributed by atoms with van der Waals surface area (Å²) in [6.45, 7) is 0.835. The van der Waals surface area contributed by atoms with Gasteiger partial charge in [0.05, 0.1) is 16.9 Å². The minimum Gasteiger partial charge on any atom is -0.469 e. The standard InChI is InChI=1S/C22H19N5O5S/c28-19(14-5-2-1-3-6-14)23-8-9-24-21-25-15(11-17-20(29)27-22(30)33-17)12-18(26-21)32-13-16-7-4-10-31-16/h1-7,10-12H,8-9,13H2,(H,23,28)(H,24,25,26)(H,27,29,30)/b17-11-. The van der Waals surface area contributed by atoms with E-state index in [1.54, 1.807) is 42.5 Å². The first-order chi connectivity index (χ1) is 16.1. The molecule has 1 saturated heterocycles. The molecule has 0 radical (unpaired) electrons. The van der Waals surface area contributed by atoms with E-state index >= 15 is 0 Å². The third kappa shape index (κ3) is 6.20. The summed E-state index contributed by atoms with van der Waals surface area (Å²) < 4.78 is 10.9. The van der Waals surface area contributed by atoms with Gasteiger partial charge in [0, 0.05) is 24.7 Å². The second kappa shape index (κ2) is 10.5. The van der Waals surface area contributed by atoms with Crippen molar-refractivity contribution in [2.24, 2.45) is 0 Å². The number of rotatable bonds is 9. The highest BCUT2D eigenvalue weighted by molar-refractivity contribution is 8.18. The van der Waals surface area contributed by atoms with Gasteiger partial charge >= 0.3 is 0 Å². The first-order valence-corrected chi connectivity index (χ1v) is 10.7. The van der Waals surface area contributed by atoms with E-state index in [1.165, 1.54) is 12.3 Å². The number of furan rings is 1. The van der Waals surface area contributed by atoms with Crippen molar-refractivity contribution in [2.45, 2.75) is 6.61 Å². The van der Waals surface area contributed by atoms with Crippen LogP contribution >= 0.6 is 11.8 Å². The van der Waals surface area contributed by atoms with Crippen LogP contribution in [0.2, 0.25) is 0 Å². The summed E-state index contributed by atoms with van der Waals surface area (Å²) in [4.78, 5) is 44.3.